The normalized spacial score (nSPS) is 23.0. The summed E-state index contributed by atoms with van der Waals surface area (Å²) in [5, 5.41) is 3.04. The number of fused-ring (bicyclic) bond motifs is 1. The Morgan fingerprint density at radius 1 is 1.19 bits per heavy atom. The molecule has 1 N–H and O–H groups in total. The summed E-state index contributed by atoms with van der Waals surface area (Å²) in [6.07, 6.45) is 2.60. The van der Waals surface area contributed by atoms with Gasteiger partial charge in [-0.25, -0.2) is 0 Å². The summed E-state index contributed by atoms with van der Waals surface area (Å²) in [6, 6.07) is 6.85. The monoisotopic (exact) mass is 287 g/mol. The van der Waals surface area contributed by atoms with Crippen molar-refractivity contribution in [2.24, 2.45) is 0 Å². The number of piperazine rings is 1. The smallest absolute Gasteiger partial charge is 0.238 e. The predicted molar refractivity (Wildman–Crippen MR) is 85.6 cm³/mol. The van der Waals surface area contributed by atoms with Crippen molar-refractivity contribution in [3.05, 3.63) is 29.3 Å². The molecule has 1 atom stereocenters. The molecule has 0 spiro atoms. The van der Waals surface area contributed by atoms with Crippen molar-refractivity contribution >= 4 is 11.6 Å². The van der Waals surface area contributed by atoms with E-state index in [1.54, 1.807) is 0 Å². The molecule has 21 heavy (non-hydrogen) atoms. The molecular formula is C17H25N3O. The van der Waals surface area contributed by atoms with Crippen LogP contribution in [0.1, 0.15) is 24.0 Å². The molecule has 0 unspecified atom stereocenters. The first-order valence-electron chi connectivity index (χ1n) is 7.95. The molecule has 1 aromatic carbocycles. The zero-order valence-electron chi connectivity index (χ0n) is 13.1. The van der Waals surface area contributed by atoms with E-state index < -0.39 is 0 Å². The number of amides is 1. The highest BCUT2D eigenvalue weighted by atomic mass is 16.2. The summed E-state index contributed by atoms with van der Waals surface area (Å²) in [4.78, 5) is 17.1. The SMILES string of the molecule is Cc1cc(C)cc(NC(=O)CN2CCN3CCC[C@H]3C2)c1. The van der Waals surface area contributed by atoms with E-state index in [0.717, 1.165) is 25.3 Å². The molecule has 0 radical (unpaired) electrons. The van der Waals surface area contributed by atoms with Gasteiger partial charge in [-0.15, -0.1) is 0 Å². The molecular weight excluding hydrogens is 262 g/mol. The Morgan fingerprint density at radius 2 is 1.95 bits per heavy atom. The van der Waals surface area contributed by atoms with Gasteiger partial charge in [-0.3, -0.25) is 14.6 Å². The first kappa shape index (κ1) is 14.5. The Morgan fingerprint density at radius 3 is 2.71 bits per heavy atom. The second kappa shape index (κ2) is 6.16. The molecule has 0 aromatic heterocycles. The lowest BCUT2D eigenvalue weighted by Gasteiger charge is -2.37. The van der Waals surface area contributed by atoms with Crippen LogP contribution in [0.5, 0.6) is 0 Å². The van der Waals surface area contributed by atoms with Gasteiger partial charge in [-0.05, 0) is 56.5 Å². The van der Waals surface area contributed by atoms with Gasteiger partial charge in [0.05, 0.1) is 6.54 Å². The highest BCUT2D eigenvalue weighted by molar-refractivity contribution is 5.92. The number of aryl methyl sites for hydroxylation is 2. The minimum absolute atomic E-state index is 0.103. The average molecular weight is 287 g/mol. The summed E-state index contributed by atoms with van der Waals surface area (Å²) >= 11 is 0. The summed E-state index contributed by atoms with van der Waals surface area (Å²) in [5.41, 5.74) is 3.28. The van der Waals surface area contributed by atoms with Crippen molar-refractivity contribution in [2.75, 3.05) is 38.0 Å². The Hall–Kier alpha value is -1.39. The lowest BCUT2D eigenvalue weighted by Crippen LogP contribution is -2.51. The summed E-state index contributed by atoms with van der Waals surface area (Å²) in [6.45, 7) is 9.03. The number of rotatable bonds is 3. The summed E-state index contributed by atoms with van der Waals surface area (Å²) in [5.74, 6) is 0.103. The number of hydrogen-bond acceptors (Lipinski definition) is 3. The number of hydrogen-bond donors (Lipinski definition) is 1. The van der Waals surface area contributed by atoms with Crippen LogP contribution in [0.15, 0.2) is 18.2 Å². The van der Waals surface area contributed by atoms with Crippen LogP contribution in [-0.2, 0) is 4.79 Å². The molecule has 4 nitrogen and oxygen atoms in total. The number of nitrogens with zero attached hydrogens (tertiary/aromatic N) is 2. The zero-order chi connectivity index (χ0) is 14.8. The van der Waals surface area contributed by atoms with Gasteiger partial charge in [0.1, 0.15) is 0 Å². The zero-order valence-corrected chi connectivity index (χ0v) is 13.1. The van der Waals surface area contributed by atoms with E-state index in [9.17, 15) is 4.79 Å². The van der Waals surface area contributed by atoms with E-state index in [0.29, 0.717) is 12.6 Å². The minimum Gasteiger partial charge on any atom is -0.325 e. The molecule has 2 heterocycles. The van der Waals surface area contributed by atoms with Crippen LogP contribution in [0.2, 0.25) is 0 Å². The van der Waals surface area contributed by atoms with Gasteiger partial charge in [0.25, 0.3) is 0 Å². The molecule has 2 aliphatic rings. The molecule has 2 aliphatic heterocycles. The Kier molecular flexibility index (Phi) is 4.27. The first-order chi connectivity index (χ1) is 10.1. The lowest BCUT2D eigenvalue weighted by molar-refractivity contribution is -0.117. The van der Waals surface area contributed by atoms with Gasteiger partial charge in [0, 0.05) is 31.4 Å². The first-order valence-corrected chi connectivity index (χ1v) is 7.95. The molecule has 0 saturated carbocycles. The van der Waals surface area contributed by atoms with Gasteiger partial charge < -0.3 is 5.32 Å². The average Bonchev–Trinajstić information content (AvgIpc) is 2.84. The van der Waals surface area contributed by atoms with E-state index in [-0.39, 0.29) is 5.91 Å². The number of carbonyl (C=O) groups excluding carboxylic acids is 1. The maximum Gasteiger partial charge on any atom is 0.238 e. The number of carbonyl (C=O) groups is 1. The standard InChI is InChI=1S/C17H25N3O/c1-13-8-14(2)10-15(9-13)18-17(21)12-19-6-7-20-5-3-4-16(20)11-19/h8-10,16H,3-7,11-12H2,1-2H3,(H,18,21)/t16-/m0/s1. The maximum atomic E-state index is 12.2. The number of nitrogens with one attached hydrogen (secondary N) is 1. The molecule has 0 aliphatic carbocycles. The third kappa shape index (κ3) is 3.63. The van der Waals surface area contributed by atoms with E-state index in [1.807, 2.05) is 12.1 Å². The van der Waals surface area contributed by atoms with Crippen molar-refractivity contribution in [1.29, 1.82) is 0 Å². The van der Waals surface area contributed by atoms with Gasteiger partial charge in [-0.1, -0.05) is 6.07 Å². The third-order valence-electron chi connectivity index (χ3n) is 4.54. The number of anilines is 1. The molecule has 0 bridgehead atoms. The highest BCUT2D eigenvalue weighted by Gasteiger charge is 2.30. The highest BCUT2D eigenvalue weighted by Crippen LogP contribution is 2.21. The quantitative estimate of drug-likeness (QED) is 0.924. The van der Waals surface area contributed by atoms with E-state index in [2.05, 4.69) is 35.0 Å². The van der Waals surface area contributed by atoms with Crippen molar-refractivity contribution in [2.45, 2.75) is 32.7 Å². The van der Waals surface area contributed by atoms with Crippen molar-refractivity contribution in [3.63, 3.8) is 0 Å². The van der Waals surface area contributed by atoms with Gasteiger partial charge in [-0.2, -0.15) is 0 Å². The van der Waals surface area contributed by atoms with Crippen LogP contribution < -0.4 is 5.32 Å². The van der Waals surface area contributed by atoms with Gasteiger partial charge >= 0.3 is 0 Å². The molecule has 2 saturated heterocycles. The van der Waals surface area contributed by atoms with Crippen molar-refractivity contribution in [1.82, 2.24) is 9.80 Å². The maximum absolute atomic E-state index is 12.2. The molecule has 114 valence electrons. The fraction of sp³-hybridized carbons (Fsp3) is 0.588. The second-order valence-electron chi connectivity index (χ2n) is 6.49. The van der Waals surface area contributed by atoms with Crippen LogP contribution in [-0.4, -0.2) is 54.5 Å². The van der Waals surface area contributed by atoms with E-state index >= 15 is 0 Å². The Balaban J connectivity index is 1.54. The van der Waals surface area contributed by atoms with Crippen LogP contribution in [0.4, 0.5) is 5.69 Å². The van der Waals surface area contributed by atoms with Gasteiger partial charge in [0.15, 0.2) is 0 Å². The fourth-order valence-electron chi connectivity index (χ4n) is 3.65. The van der Waals surface area contributed by atoms with Crippen LogP contribution in [0.25, 0.3) is 0 Å². The largest absolute Gasteiger partial charge is 0.325 e. The minimum atomic E-state index is 0.103. The van der Waals surface area contributed by atoms with E-state index in [4.69, 9.17) is 0 Å². The van der Waals surface area contributed by atoms with Crippen molar-refractivity contribution in [3.8, 4) is 0 Å². The topological polar surface area (TPSA) is 35.6 Å². The summed E-state index contributed by atoms with van der Waals surface area (Å²) in [7, 11) is 0. The summed E-state index contributed by atoms with van der Waals surface area (Å²) < 4.78 is 0. The Bertz CT molecular complexity index is 509. The molecule has 4 heteroatoms. The second-order valence-corrected chi connectivity index (χ2v) is 6.49. The molecule has 3 rings (SSSR count). The van der Waals surface area contributed by atoms with Crippen LogP contribution >= 0.6 is 0 Å². The van der Waals surface area contributed by atoms with Crippen LogP contribution in [0.3, 0.4) is 0 Å². The molecule has 1 amide bonds. The third-order valence-corrected chi connectivity index (χ3v) is 4.54. The Labute approximate surface area is 127 Å². The van der Waals surface area contributed by atoms with E-state index in [1.165, 1.54) is 30.5 Å². The number of benzene rings is 1. The molecule has 1 aromatic rings. The van der Waals surface area contributed by atoms with Crippen molar-refractivity contribution < 1.29 is 4.79 Å². The lowest BCUT2D eigenvalue weighted by atomic mass is 10.1. The van der Waals surface area contributed by atoms with Crippen LogP contribution in [0, 0.1) is 13.8 Å². The molecule has 2 fully saturated rings. The fourth-order valence-corrected chi connectivity index (χ4v) is 3.65. The van der Waals surface area contributed by atoms with Gasteiger partial charge in [0.2, 0.25) is 5.91 Å². The predicted octanol–water partition coefficient (Wildman–Crippen LogP) is 2.02.